The van der Waals surface area contributed by atoms with Crippen molar-refractivity contribution < 1.29 is 17.2 Å². The Morgan fingerprint density at radius 2 is 1.09 bits per heavy atom. The number of hydrogen-bond acceptors (Lipinski definition) is 5. The summed E-state index contributed by atoms with van der Waals surface area (Å²) in [5, 5.41) is 5.19. The summed E-state index contributed by atoms with van der Waals surface area (Å²) in [7, 11) is 7.71. The van der Waals surface area contributed by atoms with Crippen molar-refractivity contribution in [3.63, 3.8) is 0 Å². The van der Waals surface area contributed by atoms with Crippen LogP contribution in [0.4, 0.5) is 25.8 Å². The fourth-order valence-corrected chi connectivity index (χ4v) is 4.26. The number of hydrogen-bond donors (Lipinski definition) is 1. The van der Waals surface area contributed by atoms with Gasteiger partial charge in [0.05, 0.1) is 22.0 Å². The van der Waals surface area contributed by atoms with Crippen molar-refractivity contribution in [2.24, 2.45) is 5.14 Å². The van der Waals surface area contributed by atoms with Crippen LogP contribution in [0.5, 0.6) is 0 Å². The molecule has 2 N–H and O–H groups in total. The van der Waals surface area contributed by atoms with Gasteiger partial charge in [0.1, 0.15) is 0 Å². The Morgan fingerprint density at radius 1 is 0.667 bits per heavy atom. The number of benzene rings is 3. The van der Waals surface area contributed by atoms with Gasteiger partial charge < -0.3 is 14.7 Å². The van der Waals surface area contributed by atoms with Crippen molar-refractivity contribution in [2.75, 3.05) is 57.0 Å². The predicted molar refractivity (Wildman–Crippen MR) is 132 cm³/mol. The maximum Gasteiger partial charge on any atom is 0.238 e. The molecule has 176 valence electrons. The van der Waals surface area contributed by atoms with Crippen molar-refractivity contribution in [3.8, 4) is 22.3 Å². The summed E-state index contributed by atoms with van der Waals surface area (Å²) in [6, 6.07) is 11.9. The molecule has 0 bridgehead atoms. The third-order valence-electron chi connectivity index (χ3n) is 5.35. The van der Waals surface area contributed by atoms with Crippen LogP contribution in [0.3, 0.4) is 0 Å². The van der Waals surface area contributed by atoms with Crippen LogP contribution < -0.4 is 19.8 Å². The summed E-state index contributed by atoms with van der Waals surface area (Å²) >= 11 is 0. The number of nitrogens with zero attached hydrogens (tertiary/aromatic N) is 3. The second kappa shape index (κ2) is 8.99. The maximum absolute atomic E-state index is 14.4. The zero-order chi connectivity index (χ0) is 24.7. The SMILES string of the molecule is CN(C)c1cc(-c2cc(F)c(F)cc2-c2ccc(S(N)(=O)=O)cc2)cc(N(C)C)c1N(C)C. The number of primary sulfonamides is 1. The van der Waals surface area contributed by atoms with E-state index in [4.69, 9.17) is 5.14 Å². The van der Waals surface area contributed by atoms with Gasteiger partial charge in [0.25, 0.3) is 0 Å². The van der Waals surface area contributed by atoms with Crippen LogP contribution in [0.15, 0.2) is 53.4 Å². The third-order valence-corrected chi connectivity index (χ3v) is 6.28. The van der Waals surface area contributed by atoms with Gasteiger partial charge in [-0.05, 0) is 58.7 Å². The molecule has 6 nitrogen and oxygen atoms in total. The molecule has 0 aliphatic heterocycles. The molecular weight excluding hydrogens is 446 g/mol. The van der Waals surface area contributed by atoms with Crippen LogP contribution in [-0.4, -0.2) is 50.7 Å². The number of rotatable bonds is 6. The maximum atomic E-state index is 14.4. The molecule has 0 fully saturated rings. The lowest BCUT2D eigenvalue weighted by Crippen LogP contribution is -2.21. The first-order valence-corrected chi connectivity index (χ1v) is 11.7. The van der Waals surface area contributed by atoms with Gasteiger partial charge in [-0.2, -0.15) is 0 Å². The van der Waals surface area contributed by atoms with Crippen LogP contribution in [0, 0.1) is 11.6 Å². The van der Waals surface area contributed by atoms with E-state index >= 15 is 0 Å². The number of nitrogens with two attached hydrogens (primary N) is 1. The van der Waals surface area contributed by atoms with E-state index in [0.29, 0.717) is 22.3 Å². The van der Waals surface area contributed by atoms with Gasteiger partial charge in [0, 0.05) is 42.3 Å². The van der Waals surface area contributed by atoms with E-state index in [0.717, 1.165) is 23.1 Å². The molecule has 3 aromatic carbocycles. The van der Waals surface area contributed by atoms with Crippen LogP contribution in [0.25, 0.3) is 22.3 Å². The smallest absolute Gasteiger partial charge is 0.238 e. The van der Waals surface area contributed by atoms with Crippen molar-refractivity contribution in [1.82, 2.24) is 0 Å². The average molecular weight is 475 g/mol. The van der Waals surface area contributed by atoms with Crippen molar-refractivity contribution >= 4 is 27.1 Å². The van der Waals surface area contributed by atoms with Crippen molar-refractivity contribution in [2.45, 2.75) is 4.90 Å². The molecular formula is C24H28F2N4O2S. The largest absolute Gasteiger partial charge is 0.376 e. The van der Waals surface area contributed by atoms with E-state index in [-0.39, 0.29) is 4.90 Å². The normalized spacial score (nSPS) is 11.4. The molecule has 3 rings (SSSR count). The van der Waals surface area contributed by atoms with E-state index in [2.05, 4.69) is 0 Å². The van der Waals surface area contributed by atoms with E-state index in [1.54, 1.807) is 0 Å². The van der Waals surface area contributed by atoms with Crippen LogP contribution in [-0.2, 0) is 10.0 Å². The fourth-order valence-electron chi connectivity index (χ4n) is 3.75. The van der Waals surface area contributed by atoms with Gasteiger partial charge in [-0.25, -0.2) is 22.3 Å². The van der Waals surface area contributed by atoms with Gasteiger partial charge in [0.15, 0.2) is 11.6 Å². The molecule has 33 heavy (non-hydrogen) atoms. The molecule has 0 amide bonds. The van der Waals surface area contributed by atoms with E-state index in [1.807, 2.05) is 69.1 Å². The molecule has 0 spiro atoms. The highest BCUT2D eigenvalue weighted by atomic mass is 32.2. The molecule has 0 aliphatic carbocycles. The monoisotopic (exact) mass is 474 g/mol. The molecule has 0 aliphatic rings. The first kappa shape index (κ1) is 24.5. The zero-order valence-corrected chi connectivity index (χ0v) is 20.3. The van der Waals surface area contributed by atoms with Gasteiger partial charge in [-0.1, -0.05) is 12.1 Å². The molecule has 0 saturated heterocycles. The second-order valence-electron chi connectivity index (χ2n) is 8.43. The first-order valence-electron chi connectivity index (χ1n) is 10.1. The highest BCUT2D eigenvalue weighted by Gasteiger charge is 2.20. The van der Waals surface area contributed by atoms with Gasteiger partial charge in [-0.15, -0.1) is 0 Å². The standard InChI is InChI=1S/C24H28F2N4O2S/c1-28(2)22-11-16(12-23(29(3)4)24(22)30(5)6)19-14-21(26)20(25)13-18(19)15-7-9-17(10-8-15)33(27,31)32/h7-14H,1-6H3,(H2,27,31,32). The summed E-state index contributed by atoms with van der Waals surface area (Å²) < 4.78 is 51.9. The average Bonchev–Trinajstić information content (AvgIpc) is 2.73. The Kier molecular flexibility index (Phi) is 6.67. The molecule has 0 atom stereocenters. The van der Waals surface area contributed by atoms with Crippen LogP contribution >= 0.6 is 0 Å². The Labute approximate surface area is 193 Å². The Balaban J connectivity index is 2.33. The number of sulfonamides is 1. The van der Waals surface area contributed by atoms with Crippen LogP contribution in [0.2, 0.25) is 0 Å². The quantitative estimate of drug-likeness (QED) is 0.581. The van der Waals surface area contributed by atoms with Crippen LogP contribution in [0.1, 0.15) is 0 Å². The number of halogens is 2. The molecule has 0 saturated carbocycles. The first-order chi connectivity index (χ1) is 15.3. The molecule has 0 heterocycles. The van der Waals surface area contributed by atoms with Gasteiger partial charge in [-0.3, -0.25) is 0 Å². The number of anilines is 3. The summed E-state index contributed by atoms with van der Waals surface area (Å²) in [6.45, 7) is 0. The summed E-state index contributed by atoms with van der Waals surface area (Å²) in [5.74, 6) is -1.96. The lowest BCUT2D eigenvalue weighted by molar-refractivity contribution is 0.509. The minimum atomic E-state index is -3.87. The fraction of sp³-hybridized carbons (Fsp3) is 0.250. The Morgan fingerprint density at radius 3 is 1.45 bits per heavy atom. The lowest BCUT2D eigenvalue weighted by Gasteiger charge is -2.29. The lowest BCUT2D eigenvalue weighted by atomic mass is 9.93. The molecule has 0 radical (unpaired) electrons. The molecule has 9 heteroatoms. The molecule has 0 aromatic heterocycles. The van der Waals surface area contributed by atoms with E-state index < -0.39 is 21.7 Å². The van der Waals surface area contributed by atoms with Gasteiger partial charge in [0.2, 0.25) is 10.0 Å². The second-order valence-corrected chi connectivity index (χ2v) is 9.99. The Hall–Kier alpha value is -3.17. The molecule has 0 unspecified atom stereocenters. The zero-order valence-electron chi connectivity index (χ0n) is 19.5. The van der Waals surface area contributed by atoms with E-state index in [9.17, 15) is 17.2 Å². The predicted octanol–water partition coefficient (Wildman–Crippen LogP) is 4.14. The van der Waals surface area contributed by atoms with Crippen molar-refractivity contribution in [1.29, 1.82) is 0 Å². The van der Waals surface area contributed by atoms with E-state index in [1.165, 1.54) is 30.3 Å². The minimum absolute atomic E-state index is 0.0597. The van der Waals surface area contributed by atoms with Gasteiger partial charge >= 0.3 is 0 Å². The summed E-state index contributed by atoms with van der Waals surface area (Å²) in [6.07, 6.45) is 0. The molecule has 3 aromatic rings. The highest BCUT2D eigenvalue weighted by Crippen LogP contribution is 2.43. The Bertz CT molecular complexity index is 1260. The topological polar surface area (TPSA) is 69.9 Å². The summed E-state index contributed by atoms with van der Waals surface area (Å²) in [5.41, 5.74) is 4.93. The van der Waals surface area contributed by atoms with Crippen molar-refractivity contribution in [3.05, 3.63) is 60.2 Å². The third kappa shape index (κ3) is 4.94. The highest BCUT2D eigenvalue weighted by molar-refractivity contribution is 7.89. The minimum Gasteiger partial charge on any atom is -0.376 e. The summed E-state index contributed by atoms with van der Waals surface area (Å²) in [4.78, 5) is 5.88.